The van der Waals surface area contributed by atoms with Crippen LogP contribution in [0.4, 0.5) is 10.5 Å². The summed E-state index contributed by atoms with van der Waals surface area (Å²) in [5.74, 6) is -0.297. The Morgan fingerprint density at radius 2 is 1.85 bits per heavy atom. The zero-order chi connectivity index (χ0) is 23.3. The Kier molecular flexibility index (Phi) is 5.52. The molecule has 172 valence electrons. The molecule has 2 aromatic rings. The summed E-state index contributed by atoms with van der Waals surface area (Å²) in [4.78, 5) is 27.2. The smallest absolute Gasteiger partial charge is 0.324 e. The summed E-state index contributed by atoms with van der Waals surface area (Å²) < 4.78 is 0. The number of nitrogens with zero attached hydrogens (tertiary/aromatic N) is 3. The van der Waals surface area contributed by atoms with Crippen molar-refractivity contribution in [3.8, 4) is 0 Å². The number of nitrogens with one attached hydrogen (secondary N) is 3. The number of hydrazine groups is 2. The number of urea groups is 1. The molecule has 3 N–H and O–H groups in total. The number of rotatable bonds is 4. The molecule has 0 bridgehead atoms. The first kappa shape index (κ1) is 21.8. The molecule has 3 aliphatic heterocycles. The maximum Gasteiger partial charge on any atom is 0.340 e. The number of anilines is 1. The van der Waals surface area contributed by atoms with Crippen molar-refractivity contribution in [2.24, 2.45) is 0 Å². The van der Waals surface area contributed by atoms with E-state index in [-0.39, 0.29) is 36.7 Å². The normalized spacial score (nSPS) is 23.7. The van der Waals surface area contributed by atoms with Crippen LogP contribution in [0.25, 0.3) is 0 Å². The SMILES string of the molecule is Cc1ccc(C2CC3C4NN(CC(=O)Nc5ccc(C)c(Cl)c5)C(=O)N4C=CN3N2)cc1C. The minimum atomic E-state index is -0.297. The van der Waals surface area contributed by atoms with Crippen molar-refractivity contribution in [3.63, 3.8) is 0 Å². The zero-order valence-electron chi connectivity index (χ0n) is 18.8. The highest BCUT2D eigenvalue weighted by atomic mass is 35.5. The average molecular weight is 467 g/mol. The first-order valence-electron chi connectivity index (χ1n) is 11.0. The second-order valence-electron chi connectivity index (χ2n) is 8.90. The number of aryl methyl sites for hydroxylation is 3. The van der Waals surface area contributed by atoms with Crippen molar-refractivity contribution in [2.45, 2.75) is 45.4 Å². The molecular formula is C24H27ClN6O2. The van der Waals surface area contributed by atoms with Gasteiger partial charge >= 0.3 is 6.03 Å². The number of benzene rings is 2. The summed E-state index contributed by atoms with van der Waals surface area (Å²) in [6, 6.07) is 11.8. The molecule has 3 amide bonds. The molecule has 3 aliphatic rings. The lowest BCUT2D eigenvalue weighted by Crippen LogP contribution is -2.54. The van der Waals surface area contributed by atoms with Gasteiger partial charge in [-0.15, -0.1) is 0 Å². The van der Waals surface area contributed by atoms with Gasteiger partial charge < -0.3 is 10.3 Å². The van der Waals surface area contributed by atoms with E-state index < -0.39 is 0 Å². The van der Waals surface area contributed by atoms with Crippen molar-refractivity contribution >= 4 is 29.2 Å². The van der Waals surface area contributed by atoms with Crippen LogP contribution in [0.5, 0.6) is 0 Å². The molecule has 9 heteroatoms. The van der Waals surface area contributed by atoms with E-state index in [9.17, 15) is 9.59 Å². The van der Waals surface area contributed by atoms with Crippen molar-refractivity contribution in [1.29, 1.82) is 0 Å². The Morgan fingerprint density at radius 1 is 1.06 bits per heavy atom. The number of amides is 3. The van der Waals surface area contributed by atoms with Gasteiger partial charge in [-0.2, -0.15) is 0 Å². The van der Waals surface area contributed by atoms with Crippen LogP contribution in [0.1, 0.15) is 34.7 Å². The molecule has 5 rings (SSSR count). The summed E-state index contributed by atoms with van der Waals surface area (Å²) in [6.07, 6.45) is 4.22. The summed E-state index contributed by atoms with van der Waals surface area (Å²) in [5, 5.41) is 6.81. The molecule has 8 nitrogen and oxygen atoms in total. The first-order chi connectivity index (χ1) is 15.8. The number of carbonyl (C=O) groups is 2. The Labute approximate surface area is 198 Å². The second kappa shape index (κ2) is 8.37. The molecule has 0 radical (unpaired) electrons. The number of hydrogen-bond donors (Lipinski definition) is 3. The molecule has 0 spiro atoms. The van der Waals surface area contributed by atoms with Crippen molar-refractivity contribution in [3.05, 3.63) is 76.1 Å². The van der Waals surface area contributed by atoms with E-state index in [0.717, 1.165) is 12.0 Å². The van der Waals surface area contributed by atoms with Gasteiger partial charge in [-0.05, 0) is 61.6 Å². The minimum absolute atomic E-state index is 0.0366. The number of carbonyl (C=O) groups excluding carboxylic acids is 2. The number of halogens is 1. The standard InChI is InChI=1S/C24H27ClN6O2/c1-14-4-6-17(10-16(14)3)20-12-21-23-28-31(24(33)29(23)8-9-30(21)27-20)13-22(32)26-18-7-5-15(2)19(25)11-18/h4-11,20-21,23,27-28H,12-13H2,1-3H3,(H,26,32). The van der Waals surface area contributed by atoms with Gasteiger partial charge in [-0.3, -0.25) is 9.69 Å². The van der Waals surface area contributed by atoms with Crippen LogP contribution in [0.15, 0.2) is 48.8 Å². The van der Waals surface area contributed by atoms with Crippen molar-refractivity contribution in [2.75, 3.05) is 11.9 Å². The van der Waals surface area contributed by atoms with E-state index in [1.807, 2.05) is 19.2 Å². The van der Waals surface area contributed by atoms with E-state index >= 15 is 0 Å². The van der Waals surface area contributed by atoms with Crippen LogP contribution >= 0.6 is 11.6 Å². The predicted octanol–water partition coefficient (Wildman–Crippen LogP) is 3.58. The Hall–Kier alpha value is -3.07. The maximum absolute atomic E-state index is 12.9. The van der Waals surface area contributed by atoms with Crippen molar-refractivity contribution < 1.29 is 9.59 Å². The quantitative estimate of drug-likeness (QED) is 0.642. The maximum atomic E-state index is 12.9. The van der Waals surface area contributed by atoms with Gasteiger partial charge in [0.2, 0.25) is 5.91 Å². The van der Waals surface area contributed by atoms with Crippen LogP contribution in [-0.4, -0.2) is 45.6 Å². The van der Waals surface area contributed by atoms with Gasteiger partial charge in [0.25, 0.3) is 0 Å². The topological polar surface area (TPSA) is 80.0 Å². The summed E-state index contributed by atoms with van der Waals surface area (Å²) in [6.45, 7) is 6.02. The van der Waals surface area contributed by atoms with Crippen molar-refractivity contribution in [1.82, 2.24) is 25.8 Å². The monoisotopic (exact) mass is 466 g/mol. The molecule has 2 aromatic carbocycles. The molecule has 0 aromatic heterocycles. The number of hydrogen-bond acceptors (Lipinski definition) is 5. The van der Waals surface area contributed by atoms with E-state index in [1.54, 1.807) is 23.2 Å². The summed E-state index contributed by atoms with van der Waals surface area (Å²) in [7, 11) is 0. The fourth-order valence-corrected chi connectivity index (χ4v) is 4.73. The highest BCUT2D eigenvalue weighted by Crippen LogP contribution is 2.35. The van der Waals surface area contributed by atoms with E-state index in [2.05, 4.69) is 53.2 Å². The Balaban J connectivity index is 1.25. The summed E-state index contributed by atoms with van der Waals surface area (Å²) >= 11 is 6.14. The molecule has 2 fully saturated rings. The largest absolute Gasteiger partial charge is 0.340 e. The minimum Gasteiger partial charge on any atom is -0.324 e. The highest BCUT2D eigenvalue weighted by Gasteiger charge is 2.48. The second-order valence-corrected chi connectivity index (χ2v) is 9.30. The van der Waals surface area contributed by atoms with E-state index in [0.29, 0.717) is 10.7 Å². The summed E-state index contributed by atoms with van der Waals surface area (Å²) in [5.41, 5.74) is 12.1. The van der Waals surface area contributed by atoms with Gasteiger partial charge in [0.05, 0.1) is 12.1 Å². The molecule has 2 saturated heterocycles. The third-order valence-electron chi connectivity index (χ3n) is 6.62. The van der Waals surface area contributed by atoms with Crippen LogP contribution in [0, 0.1) is 20.8 Å². The Morgan fingerprint density at radius 3 is 2.61 bits per heavy atom. The third-order valence-corrected chi connectivity index (χ3v) is 7.03. The molecule has 3 unspecified atom stereocenters. The predicted molar refractivity (Wildman–Crippen MR) is 127 cm³/mol. The van der Waals surface area contributed by atoms with Gasteiger partial charge in [0.1, 0.15) is 12.7 Å². The Bertz CT molecular complexity index is 1150. The van der Waals surface area contributed by atoms with Gasteiger partial charge in [-0.25, -0.2) is 20.7 Å². The fraction of sp³-hybridized carbons (Fsp3) is 0.333. The molecule has 33 heavy (non-hydrogen) atoms. The molecule has 0 saturated carbocycles. The van der Waals surface area contributed by atoms with Gasteiger partial charge in [0.15, 0.2) is 0 Å². The lowest BCUT2D eigenvalue weighted by atomic mass is 9.97. The zero-order valence-corrected chi connectivity index (χ0v) is 19.6. The van der Waals surface area contributed by atoms with Gasteiger partial charge in [0, 0.05) is 23.1 Å². The average Bonchev–Trinajstić information content (AvgIpc) is 3.34. The molecular weight excluding hydrogens is 440 g/mol. The third kappa shape index (κ3) is 4.06. The van der Waals surface area contributed by atoms with Crippen LogP contribution in [0.2, 0.25) is 5.02 Å². The van der Waals surface area contributed by atoms with Gasteiger partial charge in [-0.1, -0.05) is 35.9 Å². The van der Waals surface area contributed by atoms with Crippen LogP contribution in [-0.2, 0) is 4.79 Å². The first-order valence-corrected chi connectivity index (χ1v) is 11.4. The molecule has 0 aliphatic carbocycles. The van der Waals surface area contributed by atoms with Crippen LogP contribution < -0.4 is 16.2 Å². The number of fused-ring (bicyclic) bond motifs is 3. The lowest BCUT2D eigenvalue weighted by molar-refractivity contribution is -0.117. The van der Waals surface area contributed by atoms with E-state index in [4.69, 9.17) is 11.6 Å². The molecule has 3 heterocycles. The highest BCUT2D eigenvalue weighted by molar-refractivity contribution is 6.31. The molecule has 3 atom stereocenters. The van der Waals surface area contributed by atoms with E-state index in [1.165, 1.54) is 21.7 Å². The fourth-order valence-electron chi connectivity index (χ4n) is 4.55. The lowest BCUT2D eigenvalue weighted by Gasteiger charge is -2.34. The van der Waals surface area contributed by atoms with Crippen LogP contribution in [0.3, 0.4) is 0 Å².